The molecule has 1 aromatic rings. The van der Waals surface area contributed by atoms with Gasteiger partial charge in [0.05, 0.1) is 10.0 Å². The van der Waals surface area contributed by atoms with Gasteiger partial charge in [0.25, 0.3) is 0 Å². The Labute approximate surface area is 130 Å². The van der Waals surface area contributed by atoms with Crippen LogP contribution in [0, 0.1) is 0 Å². The predicted octanol–water partition coefficient (Wildman–Crippen LogP) is 4.95. The summed E-state index contributed by atoms with van der Waals surface area (Å²) in [6.07, 6.45) is 3.65. The lowest BCUT2D eigenvalue weighted by Gasteiger charge is -2.40. The molecular formula is C14H18Cl2N2S. The molecule has 0 unspecified atom stereocenters. The summed E-state index contributed by atoms with van der Waals surface area (Å²) in [7, 11) is 0. The normalized spacial score (nSPS) is 23.3. The Morgan fingerprint density at radius 3 is 2.42 bits per heavy atom. The van der Waals surface area contributed by atoms with Crippen LogP contribution in [-0.4, -0.2) is 22.1 Å². The van der Waals surface area contributed by atoms with Crippen molar-refractivity contribution in [1.29, 1.82) is 0 Å². The van der Waals surface area contributed by atoms with E-state index in [1.807, 2.05) is 6.07 Å². The van der Waals surface area contributed by atoms with Crippen molar-refractivity contribution >= 4 is 46.2 Å². The third-order valence-corrected chi connectivity index (χ3v) is 4.65. The molecule has 0 radical (unpaired) electrons. The number of benzene rings is 1. The number of likely N-dealkylation sites (tertiary alicyclic amines) is 1. The maximum Gasteiger partial charge on any atom is 0.173 e. The number of nitrogens with zero attached hydrogens (tertiary/aromatic N) is 1. The highest BCUT2D eigenvalue weighted by molar-refractivity contribution is 7.80. The van der Waals surface area contributed by atoms with Gasteiger partial charge in [0.15, 0.2) is 5.11 Å². The van der Waals surface area contributed by atoms with Gasteiger partial charge in [-0.1, -0.05) is 23.2 Å². The van der Waals surface area contributed by atoms with Crippen molar-refractivity contribution in [2.24, 2.45) is 0 Å². The first-order valence-electron chi connectivity index (χ1n) is 6.53. The summed E-state index contributed by atoms with van der Waals surface area (Å²) in [6, 6.07) is 6.42. The Bertz CT molecular complexity index is 469. The van der Waals surface area contributed by atoms with E-state index in [1.165, 1.54) is 19.3 Å². The van der Waals surface area contributed by atoms with Gasteiger partial charge < -0.3 is 10.2 Å². The first-order valence-corrected chi connectivity index (χ1v) is 7.70. The average molecular weight is 317 g/mol. The highest BCUT2D eigenvalue weighted by Gasteiger charge is 2.26. The molecule has 2 nitrogen and oxygen atoms in total. The zero-order valence-corrected chi connectivity index (χ0v) is 13.4. The molecule has 1 aliphatic rings. The van der Waals surface area contributed by atoms with Gasteiger partial charge in [-0.3, -0.25) is 0 Å². The van der Waals surface area contributed by atoms with E-state index in [0.717, 1.165) is 10.8 Å². The number of hydrogen-bond donors (Lipinski definition) is 1. The van der Waals surface area contributed by atoms with Gasteiger partial charge in [-0.2, -0.15) is 0 Å². The lowest BCUT2D eigenvalue weighted by molar-refractivity contribution is 0.194. The standard InChI is InChI=1S/C14H18Cl2N2S/c1-9-4-3-5-10(2)18(9)14(19)17-11-6-7-12(15)13(16)8-11/h6-10H,3-5H2,1-2H3,(H,17,19)/t9-,10+. The van der Waals surface area contributed by atoms with Crippen molar-refractivity contribution in [2.45, 2.75) is 45.2 Å². The first kappa shape index (κ1) is 14.9. The quantitative estimate of drug-likeness (QED) is 0.738. The molecule has 104 valence electrons. The average Bonchev–Trinajstić information content (AvgIpc) is 2.33. The summed E-state index contributed by atoms with van der Waals surface area (Å²) < 4.78 is 0. The number of anilines is 1. The Balaban J connectivity index is 2.09. The van der Waals surface area contributed by atoms with Gasteiger partial charge in [-0.05, 0) is 63.5 Å². The molecule has 1 fully saturated rings. The van der Waals surface area contributed by atoms with Crippen LogP contribution >= 0.6 is 35.4 Å². The van der Waals surface area contributed by atoms with Crippen molar-refractivity contribution < 1.29 is 0 Å². The van der Waals surface area contributed by atoms with E-state index < -0.39 is 0 Å². The van der Waals surface area contributed by atoms with Crippen LogP contribution in [0.25, 0.3) is 0 Å². The molecule has 1 aromatic carbocycles. The number of piperidine rings is 1. The number of thiocarbonyl (C=S) groups is 1. The fourth-order valence-corrected chi connectivity index (χ4v) is 3.36. The lowest BCUT2D eigenvalue weighted by atomic mass is 9.98. The molecule has 1 heterocycles. The van der Waals surface area contributed by atoms with E-state index >= 15 is 0 Å². The minimum atomic E-state index is 0.478. The monoisotopic (exact) mass is 316 g/mol. The largest absolute Gasteiger partial charge is 0.344 e. The Kier molecular flexibility index (Phi) is 4.93. The van der Waals surface area contributed by atoms with Crippen LogP contribution in [0.2, 0.25) is 10.0 Å². The summed E-state index contributed by atoms with van der Waals surface area (Å²) in [6.45, 7) is 4.44. The fraction of sp³-hybridized carbons (Fsp3) is 0.500. The van der Waals surface area contributed by atoms with Crippen LogP contribution < -0.4 is 5.32 Å². The van der Waals surface area contributed by atoms with Crippen molar-refractivity contribution in [3.8, 4) is 0 Å². The molecule has 5 heteroatoms. The van der Waals surface area contributed by atoms with Crippen LogP contribution in [-0.2, 0) is 0 Å². The first-order chi connectivity index (χ1) is 8.99. The third kappa shape index (κ3) is 3.53. The van der Waals surface area contributed by atoms with Crippen molar-refractivity contribution in [3.63, 3.8) is 0 Å². The van der Waals surface area contributed by atoms with E-state index in [0.29, 0.717) is 22.1 Å². The van der Waals surface area contributed by atoms with E-state index in [4.69, 9.17) is 35.4 Å². The zero-order chi connectivity index (χ0) is 14.0. The minimum Gasteiger partial charge on any atom is -0.344 e. The third-order valence-electron chi connectivity index (χ3n) is 3.60. The zero-order valence-electron chi connectivity index (χ0n) is 11.1. The molecule has 0 amide bonds. The summed E-state index contributed by atoms with van der Waals surface area (Å²) in [5.74, 6) is 0. The van der Waals surface area contributed by atoms with Gasteiger partial charge in [0, 0.05) is 17.8 Å². The Morgan fingerprint density at radius 2 is 1.84 bits per heavy atom. The lowest BCUT2D eigenvalue weighted by Crippen LogP contribution is -2.49. The van der Waals surface area contributed by atoms with E-state index in [2.05, 4.69) is 24.1 Å². The molecular weight excluding hydrogens is 299 g/mol. The molecule has 0 spiro atoms. The number of nitrogens with one attached hydrogen (secondary N) is 1. The molecule has 0 saturated carbocycles. The van der Waals surface area contributed by atoms with E-state index in [9.17, 15) is 0 Å². The second kappa shape index (κ2) is 6.29. The second-order valence-electron chi connectivity index (χ2n) is 5.10. The maximum atomic E-state index is 6.01. The van der Waals surface area contributed by atoms with Gasteiger partial charge in [0.1, 0.15) is 0 Å². The van der Waals surface area contributed by atoms with Crippen molar-refractivity contribution in [2.75, 3.05) is 5.32 Å². The molecule has 1 N–H and O–H groups in total. The molecule has 19 heavy (non-hydrogen) atoms. The maximum absolute atomic E-state index is 6.01. The van der Waals surface area contributed by atoms with Crippen LogP contribution in [0.15, 0.2) is 18.2 Å². The van der Waals surface area contributed by atoms with Gasteiger partial charge >= 0.3 is 0 Å². The van der Waals surface area contributed by atoms with Crippen LogP contribution in [0.5, 0.6) is 0 Å². The highest BCUT2D eigenvalue weighted by Crippen LogP contribution is 2.27. The van der Waals surface area contributed by atoms with E-state index in [-0.39, 0.29) is 0 Å². The molecule has 0 aliphatic carbocycles. The Morgan fingerprint density at radius 1 is 1.21 bits per heavy atom. The van der Waals surface area contributed by atoms with Crippen LogP contribution in [0.4, 0.5) is 5.69 Å². The van der Waals surface area contributed by atoms with Gasteiger partial charge in [-0.25, -0.2) is 0 Å². The molecule has 1 aliphatic heterocycles. The second-order valence-corrected chi connectivity index (χ2v) is 6.30. The summed E-state index contributed by atoms with van der Waals surface area (Å²) >= 11 is 17.4. The molecule has 2 atom stereocenters. The molecule has 0 bridgehead atoms. The van der Waals surface area contributed by atoms with Gasteiger partial charge in [-0.15, -0.1) is 0 Å². The molecule has 2 rings (SSSR count). The number of rotatable bonds is 1. The van der Waals surface area contributed by atoms with Crippen LogP contribution in [0.1, 0.15) is 33.1 Å². The minimum absolute atomic E-state index is 0.478. The van der Waals surface area contributed by atoms with Crippen molar-refractivity contribution in [1.82, 2.24) is 4.90 Å². The number of halogens is 2. The fourth-order valence-electron chi connectivity index (χ4n) is 2.58. The summed E-state index contributed by atoms with van der Waals surface area (Å²) in [5, 5.41) is 5.11. The predicted molar refractivity (Wildman–Crippen MR) is 87.3 cm³/mol. The SMILES string of the molecule is C[C@@H]1CCC[C@H](C)N1C(=S)Nc1ccc(Cl)c(Cl)c1. The number of hydrogen-bond acceptors (Lipinski definition) is 1. The highest BCUT2D eigenvalue weighted by atomic mass is 35.5. The Hall–Kier alpha value is -0.510. The molecule has 0 aromatic heterocycles. The van der Waals surface area contributed by atoms with Crippen LogP contribution in [0.3, 0.4) is 0 Å². The van der Waals surface area contributed by atoms with Crippen molar-refractivity contribution in [3.05, 3.63) is 28.2 Å². The topological polar surface area (TPSA) is 15.3 Å². The smallest absolute Gasteiger partial charge is 0.173 e. The van der Waals surface area contributed by atoms with Gasteiger partial charge in [0.2, 0.25) is 0 Å². The molecule has 1 saturated heterocycles. The summed E-state index contributed by atoms with van der Waals surface area (Å²) in [5.41, 5.74) is 0.879. The van der Waals surface area contributed by atoms with E-state index in [1.54, 1.807) is 12.1 Å². The summed E-state index contributed by atoms with van der Waals surface area (Å²) in [4.78, 5) is 2.28.